The second-order valence-electron chi connectivity index (χ2n) is 3.26. The molecular weight excluding hydrogens is 154 g/mol. The number of rotatable bonds is 2. The largest absolute Gasteiger partial charge is 0.275 e. The lowest BCUT2D eigenvalue weighted by atomic mass is 10.2. The van der Waals surface area contributed by atoms with Gasteiger partial charge in [-0.05, 0) is 25.7 Å². The van der Waals surface area contributed by atoms with Crippen molar-refractivity contribution < 1.29 is 9.59 Å². The molecule has 1 heterocycles. The predicted octanol–water partition coefficient (Wildman–Crippen LogP) is 0.712. The van der Waals surface area contributed by atoms with E-state index in [1.807, 2.05) is 6.92 Å². The number of amides is 2. The zero-order valence-corrected chi connectivity index (χ0v) is 7.04. The summed E-state index contributed by atoms with van der Waals surface area (Å²) in [6.45, 7) is 2.31. The number of hydrogen-bond acceptors (Lipinski definition) is 2. The smallest absolute Gasteiger partial charge is 0.257 e. The van der Waals surface area contributed by atoms with Crippen molar-refractivity contribution in [3.63, 3.8) is 0 Å². The van der Waals surface area contributed by atoms with E-state index in [0.717, 1.165) is 18.4 Å². The van der Waals surface area contributed by atoms with E-state index in [4.69, 9.17) is 0 Å². The van der Waals surface area contributed by atoms with Crippen LogP contribution in [0, 0.1) is 5.92 Å². The maximum atomic E-state index is 11.5. The van der Waals surface area contributed by atoms with Crippen molar-refractivity contribution in [3.05, 3.63) is 11.6 Å². The van der Waals surface area contributed by atoms with Crippen molar-refractivity contribution in [2.24, 2.45) is 5.92 Å². The molecule has 0 unspecified atom stereocenters. The molecule has 3 nitrogen and oxygen atoms in total. The van der Waals surface area contributed by atoms with Crippen LogP contribution in [0.15, 0.2) is 11.6 Å². The third-order valence-corrected chi connectivity index (χ3v) is 2.37. The van der Waals surface area contributed by atoms with Gasteiger partial charge in [0.05, 0.1) is 0 Å². The highest BCUT2D eigenvalue weighted by Crippen LogP contribution is 2.39. The molecule has 0 saturated heterocycles. The van der Waals surface area contributed by atoms with Crippen LogP contribution in [0.25, 0.3) is 0 Å². The fourth-order valence-electron chi connectivity index (χ4n) is 1.51. The minimum absolute atomic E-state index is 0.0648. The first-order valence-corrected chi connectivity index (χ1v) is 4.31. The van der Waals surface area contributed by atoms with E-state index in [1.165, 1.54) is 11.0 Å². The van der Waals surface area contributed by atoms with Gasteiger partial charge >= 0.3 is 0 Å². The maximum Gasteiger partial charge on any atom is 0.257 e. The van der Waals surface area contributed by atoms with Crippen molar-refractivity contribution in [1.82, 2.24) is 4.90 Å². The molecule has 1 aliphatic heterocycles. The number of carbonyl (C=O) groups is 2. The first-order valence-electron chi connectivity index (χ1n) is 4.31. The van der Waals surface area contributed by atoms with Crippen molar-refractivity contribution in [2.45, 2.75) is 19.8 Å². The van der Waals surface area contributed by atoms with E-state index in [9.17, 15) is 9.59 Å². The Hall–Kier alpha value is -1.12. The van der Waals surface area contributed by atoms with Gasteiger partial charge in [0.1, 0.15) is 0 Å². The molecule has 2 rings (SSSR count). The molecule has 12 heavy (non-hydrogen) atoms. The van der Waals surface area contributed by atoms with Crippen LogP contribution in [0.2, 0.25) is 0 Å². The summed E-state index contributed by atoms with van der Waals surface area (Å²) < 4.78 is 0. The van der Waals surface area contributed by atoms with Gasteiger partial charge in [0.2, 0.25) is 0 Å². The Labute approximate surface area is 71.0 Å². The summed E-state index contributed by atoms with van der Waals surface area (Å²) in [6, 6.07) is 0. The number of hydrogen-bond donors (Lipinski definition) is 0. The van der Waals surface area contributed by atoms with E-state index in [1.54, 1.807) is 0 Å². The molecular formula is C9H11NO2. The van der Waals surface area contributed by atoms with Crippen LogP contribution < -0.4 is 0 Å². The Bertz CT molecular complexity index is 276. The van der Waals surface area contributed by atoms with Crippen LogP contribution >= 0.6 is 0 Å². The Morgan fingerprint density at radius 2 is 2.17 bits per heavy atom. The molecule has 1 aliphatic carbocycles. The highest BCUT2D eigenvalue weighted by atomic mass is 16.2. The van der Waals surface area contributed by atoms with Gasteiger partial charge < -0.3 is 0 Å². The zero-order chi connectivity index (χ0) is 8.72. The first kappa shape index (κ1) is 7.53. The van der Waals surface area contributed by atoms with Gasteiger partial charge in [0.25, 0.3) is 11.8 Å². The average molecular weight is 165 g/mol. The van der Waals surface area contributed by atoms with Gasteiger partial charge in [-0.2, -0.15) is 0 Å². The molecule has 1 fully saturated rings. The standard InChI is InChI=1S/C9H11NO2/c1-2-10-8(11)5-7(9(10)12)6-3-4-6/h5-6H,2-4H2,1H3. The van der Waals surface area contributed by atoms with Gasteiger partial charge in [-0.1, -0.05) is 0 Å². The van der Waals surface area contributed by atoms with Crippen molar-refractivity contribution in [1.29, 1.82) is 0 Å². The molecule has 1 saturated carbocycles. The fraction of sp³-hybridized carbons (Fsp3) is 0.556. The average Bonchev–Trinajstić information content (AvgIpc) is 2.80. The third kappa shape index (κ3) is 0.967. The Morgan fingerprint density at radius 1 is 1.50 bits per heavy atom. The van der Waals surface area contributed by atoms with Gasteiger partial charge in [0.15, 0.2) is 0 Å². The lowest BCUT2D eigenvalue weighted by molar-refractivity contribution is -0.137. The number of imide groups is 1. The van der Waals surface area contributed by atoms with Gasteiger partial charge in [0, 0.05) is 18.2 Å². The summed E-state index contributed by atoms with van der Waals surface area (Å²) in [4.78, 5) is 24.0. The molecule has 0 N–H and O–H groups in total. The molecule has 0 aromatic heterocycles. The molecule has 64 valence electrons. The Morgan fingerprint density at radius 3 is 2.58 bits per heavy atom. The van der Waals surface area contributed by atoms with E-state index in [2.05, 4.69) is 0 Å². The highest BCUT2D eigenvalue weighted by molar-refractivity contribution is 6.16. The molecule has 0 atom stereocenters. The highest BCUT2D eigenvalue weighted by Gasteiger charge is 2.38. The van der Waals surface area contributed by atoms with Gasteiger partial charge in [-0.15, -0.1) is 0 Å². The topological polar surface area (TPSA) is 37.4 Å². The van der Waals surface area contributed by atoms with Crippen LogP contribution in [0.4, 0.5) is 0 Å². The Balaban J connectivity index is 2.21. The van der Waals surface area contributed by atoms with Crippen LogP contribution in [-0.2, 0) is 9.59 Å². The summed E-state index contributed by atoms with van der Waals surface area (Å²) in [5.41, 5.74) is 0.738. The third-order valence-electron chi connectivity index (χ3n) is 2.37. The SMILES string of the molecule is CCN1C(=O)C=C(C2CC2)C1=O. The van der Waals surface area contributed by atoms with Crippen molar-refractivity contribution >= 4 is 11.8 Å². The monoisotopic (exact) mass is 165 g/mol. The number of likely N-dealkylation sites (N-methyl/N-ethyl adjacent to an activating group) is 1. The molecule has 0 bridgehead atoms. The van der Waals surface area contributed by atoms with Crippen LogP contribution in [0.5, 0.6) is 0 Å². The van der Waals surface area contributed by atoms with E-state index >= 15 is 0 Å². The van der Waals surface area contributed by atoms with E-state index in [0.29, 0.717) is 12.5 Å². The summed E-state index contributed by atoms with van der Waals surface area (Å²) in [7, 11) is 0. The van der Waals surface area contributed by atoms with Crippen LogP contribution in [0.1, 0.15) is 19.8 Å². The zero-order valence-electron chi connectivity index (χ0n) is 7.04. The summed E-state index contributed by atoms with van der Waals surface area (Å²) in [6.07, 6.45) is 3.65. The normalized spacial score (nSPS) is 23.4. The second-order valence-corrected chi connectivity index (χ2v) is 3.26. The van der Waals surface area contributed by atoms with Crippen LogP contribution in [-0.4, -0.2) is 23.3 Å². The molecule has 3 heteroatoms. The Kier molecular flexibility index (Phi) is 1.53. The lowest BCUT2D eigenvalue weighted by Gasteiger charge is -2.10. The molecule has 0 aromatic carbocycles. The fourth-order valence-corrected chi connectivity index (χ4v) is 1.51. The summed E-state index contributed by atoms with van der Waals surface area (Å²) in [5, 5.41) is 0. The van der Waals surface area contributed by atoms with Gasteiger partial charge in [-0.25, -0.2) is 0 Å². The van der Waals surface area contributed by atoms with Crippen molar-refractivity contribution in [2.75, 3.05) is 6.54 Å². The van der Waals surface area contributed by atoms with E-state index < -0.39 is 0 Å². The van der Waals surface area contributed by atoms with Crippen molar-refractivity contribution in [3.8, 4) is 0 Å². The number of nitrogens with zero attached hydrogens (tertiary/aromatic N) is 1. The molecule has 2 amide bonds. The molecule has 0 aromatic rings. The predicted molar refractivity (Wildman–Crippen MR) is 43.2 cm³/mol. The summed E-state index contributed by atoms with van der Waals surface area (Å²) >= 11 is 0. The lowest BCUT2D eigenvalue weighted by Crippen LogP contribution is -2.30. The minimum atomic E-state index is -0.135. The maximum absolute atomic E-state index is 11.5. The minimum Gasteiger partial charge on any atom is -0.275 e. The van der Waals surface area contributed by atoms with Gasteiger partial charge in [-0.3, -0.25) is 14.5 Å². The van der Waals surface area contributed by atoms with Crippen LogP contribution in [0.3, 0.4) is 0 Å². The second kappa shape index (κ2) is 2.44. The first-order chi connectivity index (χ1) is 5.74. The summed E-state index contributed by atoms with van der Waals surface area (Å²) in [5.74, 6) is 0.187. The van der Waals surface area contributed by atoms with E-state index in [-0.39, 0.29) is 11.8 Å². The quantitative estimate of drug-likeness (QED) is 0.565. The molecule has 0 spiro atoms. The molecule has 0 radical (unpaired) electrons. The number of carbonyl (C=O) groups excluding carboxylic acids is 2. The molecule has 2 aliphatic rings.